The number of esters is 1. The van der Waals surface area contributed by atoms with Crippen LogP contribution in [0.4, 0.5) is 0 Å². The van der Waals surface area contributed by atoms with Crippen molar-refractivity contribution in [3.8, 4) is 0 Å². The van der Waals surface area contributed by atoms with E-state index in [-0.39, 0.29) is 17.5 Å². The van der Waals surface area contributed by atoms with Crippen molar-refractivity contribution in [1.82, 2.24) is 0 Å². The Morgan fingerprint density at radius 3 is 2.21 bits per heavy atom. The maximum Gasteiger partial charge on any atom is 0.302 e. The van der Waals surface area contributed by atoms with E-state index in [1.54, 1.807) is 6.92 Å². The maximum absolute atomic E-state index is 11.9. The van der Waals surface area contributed by atoms with Crippen LogP contribution < -0.4 is 0 Å². The predicted molar refractivity (Wildman–Crippen MR) is 140 cm³/mol. The van der Waals surface area contributed by atoms with Crippen LogP contribution in [0.25, 0.3) is 0 Å². The second-order valence-corrected chi connectivity index (χ2v) is 15.8. The van der Waals surface area contributed by atoms with Gasteiger partial charge in [0.25, 0.3) is 0 Å². The first-order chi connectivity index (χ1) is 15.6. The molecule has 0 bridgehead atoms. The Labute approximate surface area is 210 Å². The normalized spacial score (nSPS) is 51.1. The van der Waals surface area contributed by atoms with E-state index >= 15 is 0 Å². The number of ether oxygens (including phenoxy) is 1. The molecule has 0 spiro atoms. The van der Waals surface area contributed by atoms with E-state index in [2.05, 4.69) is 61.5 Å². The fraction of sp³-hybridized carbons (Fsp3) is 0.906. The summed E-state index contributed by atoms with van der Waals surface area (Å²) in [7, 11) is 0. The second-order valence-electron chi connectivity index (χ2n) is 15.8. The molecule has 5 rings (SSSR count). The molecule has 34 heavy (non-hydrogen) atoms. The van der Waals surface area contributed by atoms with Crippen molar-refractivity contribution >= 4 is 5.97 Å². The SMILES string of the molecule is CC(=O)O[C@H]1CC[C@@]2(C)[C@H](CC[C@]3(C)[C@@H]2CC=C2[C@H]4CC(C)(C)CC[C@]4(C)CC[C@]23C)C1(C)C. The largest absolute Gasteiger partial charge is 0.462 e. The minimum atomic E-state index is -0.110. The fourth-order valence-corrected chi connectivity index (χ4v) is 10.9. The Bertz CT molecular complexity index is 897. The molecular weight excluding hydrogens is 416 g/mol. The van der Waals surface area contributed by atoms with Crippen LogP contribution in [0.5, 0.6) is 0 Å². The van der Waals surface area contributed by atoms with Crippen molar-refractivity contribution in [2.24, 2.45) is 50.2 Å². The standard InChI is InChI=1S/C32H52O2/c1-21(33)34-26-13-14-30(7)24(28(26,4)5)12-15-32(9)25(30)11-10-22-23-20-27(2,3)16-17-29(23,6)18-19-31(22,32)8/h10,23-26H,11-20H2,1-9H3/t23-,24-,25-,26+,29-,30+,31-,32-/m1/s1. The summed E-state index contributed by atoms with van der Waals surface area (Å²) in [6.07, 6.45) is 15.9. The quantitative estimate of drug-likeness (QED) is 0.284. The minimum absolute atomic E-state index is 0.0451. The Morgan fingerprint density at radius 1 is 0.853 bits per heavy atom. The third-order valence-corrected chi connectivity index (χ3v) is 13.3. The van der Waals surface area contributed by atoms with E-state index in [0.29, 0.717) is 33.0 Å². The third kappa shape index (κ3) is 3.21. The molecule has 0 unspecified atom stereocenters. The number of rotatable bonds is 1. The molecule has 0 aromatic heterocycles. The van der Waals surface area contributed by atoms with Gasteiger partial charge in [0, 0.05) is 12.3 Å². The van der Waals surface area contributed by atoms with Gasteiger partial charge in [-0.3, -0.25) is 4.79 Å². The summed E-state index contributed by atoms with van der Waals surface area (Å²) in [6.45, 7) is 22.0. The van der Waals surface area contributed by atoms with Crippen molar-refractivity contribution in [2.45, 2.75) is 133 Å². The van der Waals surface area contributed by atoms with Crippen molar-refractivity contribution in [3.63, 3.8) is 0 Å². The summed E-state index contributed by atoms with van der Waals surface area (Å²) < 4.78 is 5.91. The molecule has 0 aromatic carbocycles. The lowest BCUT2D eigenvalue weighted by Crippen LogP contribution is -2.64. The lowest BCUT2D eigenvalue weighted by Gasteiger charge is -2.71. The van der Waals surface area contributed by atoms with Crippen LogP contribution in [0.2, 0.25) is 0 Å². The average molecular weight is 469 g/mol. The van der Waals surface area contributed by atoms with Crippen LogP contribution in [0.15, 0.2) is 11.6 Å². The summed E-state index contributed by atoms with van der Waals surface area (Å²) >= 11 is 0. The fourth-order valence-electron chi connectivity index (χ4n) is 10.9. The van der Waals surface area contributed by atoms with E-state index in [9.17, 15) is 4.79 Å². The number of fused-ring (bicyclic) bond motifs is 7. The molecule has 4 saturated carbocycles. The Morgan fingerprint density at radius 2 is 1.53 bits per heavy atom. The van der Waals surface area contributed by atoms with Gasteiger partial charge in [-0.05, 0) is 109 Å². The first-order valence-corrected chi connectivity index (χ1v) is 14.5. The monoisotopic (exact) mass is 468 g/mol. The van der Waals surface area contributed by atoms with Gasteiger partial charge in [-0.2, -0.15) is 0 Å². The predicted octanol–water partition coefficient (Wildman–Crippen LogP) is 8.74. The highest BCUT2D eigenvalue weighted by Gasteiger charge is 2.68. The Hall–Kier alpha value is -0.790. The first-order valence-electron chi connectivity index (χ1n) is 14.5. The number of carbonyl (C=O) groups is 1. The minimum Gasteiger partial charge on any atom is -0.462 e. The van der Waals surface area contributed by atoms with Crippen LogP contribution in [0.3, 0.4) is 0 Å². The van der Waals surface area contributed by atoms with Gasteiger partial charge in [0.2, 0.25) is 0 Å². The van der Waals surface area contributed by atoms with Crippen LogP contribution in [-0.4, -0.2) is 12.1 Å². The van der Waals surface area contributed by atoms with Gasteiger partial charge in [0.05, 0.1) is 0 Å². The summed E-state index contributed by atoms with van der Waals surface area (Å²) in [5, 5.41) is 0. The molecule has 0 heterocycles. The molecular formula is C32H52O2. The third-order valence-electron chi connectivity index (χ3n) is 13.3. The zero-order chi connectivity index (χ0) is 24.9. The van der Waals surface area contributed by atoms with E-state index in [1.807, 2.05) is 5.57 Å². The molecule has 192 valence electrons. The van der Waals surface area contributed by atoms with Crippen LogP contribution in [0, 0.1) is 50.2 Å². The van der Waals surface area contributed by atoms with Gasteiger partial charge in [-0.15, -0.1) is 0 Å². The van der Waals surface area contributed by atoms with Gasteiger partial charge in [0.1, 0.15) is 6.10 Å². The number of hydrogen-bond acceptors (Lipinski definition) is 2. The molecule has 8 atom stereocenters. The smallest absolute Gasteiger partial charge is 0.302 e. The zero-order valence-corrected chi connectivity index (χ0v) is 23.8. The Balaban J connectivity index is 1.53. The van der Waals surface area contributed by atoms with E-state index in [0.717, 1.165) is 18.3 Å². The molecule has 4 fully saturated rings. The number of allylic oxidation sites excluding steroid dienone is 2. The molecule has 0 aromatic rings. The second kappa shape index (κ2) is 7.38. The Kier molecular flexibility index (Phi) is 5.40. The zero-order valence-electron chi connectivity index (χ0n) is 23.8. The summed E-state index contributed by atoms with van der Waals surface area (Å²) in [6, 6.07) is 0. The molecule has 0 N–H and O–H groups in total. The number of hydrogen-bond donors (Lipinski definition) is 0. The van der Waals surface area contributed by atoms with Crippen molar-refractivity contribution < 1.29 is 9.53 Å². The van der Waals surface area contributed by atoms with Crippen LogP contribution in [-0.2, 0) is 9.53 Å². The van der Waals surface area contributed by atoms with Gasteiger partial charge in [-0.25, -0.2) is 0 Å². The van der Waals surface area contributed by atoms with Gasteiger partial charge >= 0.3 is 5.97 Å². The lowest BCUT2D eigenvalue weighted by molar-refractivity contribution is -0.211. The van der Waals surface area contributed by atoms with E-state index in [4.69, 9.17) is 4.74 Å². The van der Waals surface area contributed by atoms with Gasteiger partial charge < -0.3 is 4.74 Å². The topological polar surface area (TPSA) is 26.3 Å². The first kappa shape index (κ1) is 24.9. The van der Waals surface area contributed by atoms with Gasteiger partial charge in [0.15, 0.2) is 0 Å². The van der Waals surface area contributed by atoms with Crippen molar-refractivity contribution in [3.05, 3.63) is 11.6 Å². The molecule has 0 amide bonds. The van der Waals surface area contributed by atoms with Crippen molar-refractivity contribution in [2.75, 3.05) is 0 Å². The van der Waals surface area contributed by atoms with Crippen molar-refractivity contribution in [1.29, 1.82) is 0 Å². The molecule has 5 aliphatic carbocycles. The molecule has 0 saturated heterocycles. The highest BCUT2D eigenvalue weighted by molar-refractivity contribution is 5.66. The van der Waals surface area contributed by atoms with Gasteiger partial charge in [-0.1, -0.05) is 67.0 Å². The summed E-state index contributed by atoms with van der Waals surface area (Å²) in [4.78, 5) is 11.9. The molecule has 0 radical (unpaired) electrons. The van der Waals surface area contributed by atoms with Crippen LogP contribution >= 0.6 is 0 Å². The lowest BCUT2D eigenvalue weighted by atomic mass is 9.33. The van der Waals surface area contributed by atoms with E-state index in [1.165, 1.54) is 57.8 Å². The summed E-state index contributed by atoms with van der Waals surface area (Å²) in [5.41, 5.74) is 3.92. The number of carbonyl (C=O) groups excluding carboxylic acids is 1. The average Bonchev–Trinajstić information content (AvgIpc) is 2.72. The van der Waals surface area contributed by atoms with E-state index < -0.39 is 0 Å². The van der Waals surface area contributed by atoms with Crippen LogP contribution in [0.1, 0.15) is 127 Å². The maximum atomic E-state index is 11.9. The summed E-state index contributed by atoms with van der Waals surface area (Å²) in [5.74, 6) is 2.01. The highest BCUT2D eigenvalue weighted by atomic mass is 16.5. The molecule has 2 heteroatoms. The molecule has 2 nitrogen and oxygen atoms in total. The molecule has 5 aliphatic rings. The molecule has 0 aliphatic heterocycles. The highest BCUT2D eigenvalue weighted by Crippen LogP contribution is 2.75.